The van der Waals surface area contributed by atoms with Crippen LogP contribution in [0, 0.1) is 0 Å². The molecule has 0 fully saturated rings. The number of ether oxygens (including phenoxy) is 2. The Morgan fingerprint density at radius 2 is 2.00 bits per heavy atom. The molecule has 0 spiro atoms. The maximum absolute atomic E-state index is 11.8. The first kappa shape index (κ1) is 16.6. The smallest absolute Gasteiger partial charge is 0.317 e. The lowest BCUT2D eigenvalue weighted by atomic mass is 10.2. The van der Waals surface area contributed by atoms with Gasteiger partial charge in [-0.15, -0.1) is 0 Å². The van der Waals surface area contributed by atoms with Crippen LogP contribution in [0.5, 0.6) is 11.5 Å². The van der Waals surface area contributed by atoms with Crippen LogP contribution in [0.2, 0.25) is 0 Å². The first-order valence-electron chi connectivity index (χ1n) is 6.39. The van der Waals surface area contributed by atoms with Crippen molar-refractivity contribution in [2.75, 3.05) is 27.8 Å². The molecule has 0 aliphatic rings. The lowest BCUT2D eigenvalue weighted by Crippen LogP contribution is -2.38. The number of hydrogen-bond acceptors (Lipinski definition) is 4. The summed E-state index contributed by atoms with van der Waals surface area (Å²) in [6.45, 7) is 0.435. The Morgan fingerprint density at radius 3 is 2.57 bits per heavy atom. The van der Waals surface area contributed by atoms with Crippen LogP contribution in [0.15, 0.2) is 18.2 Å². The van der Waals surface area contributed by atoms with Gasteiger partial charge in [0.2, 0.25) is 0 Å². The molecule has 0 atom stereocenters. The van der Waals surface area contributed by atoms with E-state index in [1.54, 1.807) is 39.5 Å². The van der Waals surface area contributed by atoms with Crippen LogP contribution in [0.1, 0.15) is 12.0 Å². The highest BCUT2D eigenvalue weighted by Gasteiger charge is 2.11. The maximum Gasteiger partial charge on any atom is 0.317 e. The standard InChI is InChI=1S/C14H20N2O5/c1-16(7-6-13(17)18)14(19)15-9-10-4-5-11(20-2)8-12(10)21-3/h4-5,8H,6-7,9H2,1-3H3,(H,15,19)(H,17,18). The van der Waals surface area contributed by atoms with Gasteiger partial charge in [-0.3, -0.25) is 4.79 Å². The molecule has 1 aromatic rings. The third-order valence-corrected chi connectivity index (χ3v) is 2.93. The van der Waals surface area contributed by atoms with Gasteiger partial charge in [-0.25, -0.2) is 4.79 Å². The number of urea groups is 1. The average molecular weight is 296 g/mol. The number of rotatable bonds is 7. The fraction of sp³-hybridized carbons (Fsp3) is 0.429. The van der Waals surface area contributed by atoms with Crippen molar-refractivity contribution in [3.05, 3.63) is 23.8 Å². The molecule has 0 saturated heterocycles. The summed E-state index contributed by atoms with van der Waals surface area (Å²) in [6, 6.07) is 4.97. The molecule has 7 heteroatoms. The molecular weight excluding hydrogens is 276 g/mol. The molecule has 116 valence electrons. The lowest BCUT2D eigenvalue weighted by Gasteiger charge is -2.17. The number of carbonyl (C=O) groups excluding carboxylic acids is 1. The van der Waals surface area contributed by atoms with Crippen LogP contribution in [-0.4, -0.2) is 49.8 Å². The van der Waals surface area contributed by atoms with E-state index in [-0.39, 0.29) is 25.5 Å². The zero-order chi connectivity index (χ0) is 15.8. The van der Waals surface area contributed by atoms with E-state index >= 15 is 0 Å². The van der Waals surface area contributed by atoms with Crippen LogP contribution in [0.3, 0.4) is 0 Å². The van der Waals surface area contributed by atoms with Crippen molar-refractivity contribution in [2.45, 2.75) is 13.0 Å². The summed E-state index contributed by atoms with van der Waals surface area (Å²) in [5.74, 6) is 0.342. The van der Waals surface area contributed by atoms with Gasteiger partial charge in [0.1, 0.15) is 11.5 Å². The molecule has 2 N–H and O–H groups in total. The molecule has 0 saturated carbocycles. The van der Waals surface area contributed by atoms with Gasteiger partial charge < -0.3 is 24.8 Å². The first-order chi connectivity index (χ1) is 9.97. The minimum absolute atomic E-state index is 0.0875. The zero-order valence-corrected chi connectivity index (χ0v) is 12.4. The van der Waals surface area contributed by atoms with E-state index in [0.717, 1.165) is 5.56 Å². The largest absolute Gasteiger partial charge is 0.497 e. The van der Waals surface area contributed by atoms with Gasteiger partial charge >= 0.3 is 12.0 Å². The van der Waals surface area contributed by atoms with Gasteiger partial charge in [0.05, 0.1) is 20.6 Å². The number of nitrogens with one attached hydrogen (secondary N) is 1. The molecule has 0 heterocycles. The van der Waals surface area contributed by atoms with Gasteiger partial charge in [0.25, 0.3) is 0 Å². The van der Waals surface area contributed by atoms with E-state index in [2.05, 4.69) is 5.32 Å². The highest BCUT2D eigenvalue weighted by atomic mass is 16.5. The summed E-state index contributed by atoms with van der Waals surface area (Å²) in [6.07, 6.45) is -0.0875. The minimum atomic E-state index is -0.938. The molecule has 21 heavy (non-hydrogen) atoms. The number of carbonyl (C=O) groups is 2. The van der Waals surface area contributed by atoms with Gasteiger partial charge in [-0.1, -0.05) is 0 Å². The summed E-state index contributed by atoms with van der Waals surface area (Å²) in [5.41, 5.74) is 0.804. The molecule has 0 aliphatic heterocycles. The number of amides is 2. The Morgan fingerprint density at radius 1 is 1.29 bits per heavy atom. The second kappa shape index (κ2) is 7.98. The number of hydrogen-bond donors (Lipinski definition) is 2. The van der Waals surface area contributed by atoms with Gasteiger partial charge in [-0.05, 0) is 12.1 Å². The van der Waals surface area contributed by atoms with Crippen molar-refractivity contribution in [3.63, 3.8) is 0 Å². The predicted octanol–water partition coefficient (Wildman–Crippen LogP) is 1.32. The molecule has 7 nitrogen and oxygen atoms in total. The average Bonchev–Trinajstić information content (AvgIpc) is 2.49. The summed E-state index contributed by atoms with van der Waals surface area (Å²) < 4.78 is 10.3. The number of methoxy groups -OCH3 is 2. The van der Waals surface area contributed by atoms with Crippen molar-refractivity contribution in [3.8, 4) is 11.5 Å². The number of nitrogens with zero attached hydrogens (tertiary/aromatic N) is 1. The second-order valence-electron chi connectivity index (χ2n) is 4.40. The second-order valence-corrected chi connectivity index (χ2v) is 4.40. The quantitative estimate of drug-likeness (QED) is 0.792. The Labute approximate surface area is 123 Å². The van der Waals surface area contributed by atoms with E-state index in [9.17, 15) is 9.59 Å². The third-order valence-electron chi connectivity index (χ3n) is 2.93. The molecule has 0 unspecified atom stereocenters. The Hall–Kier alpha value is -2.44. The molecular formula is C14H20N2O5. The Kier molecular flexibility index (Phi) is 6.32. The SMILES string of the molecule is COc1ccc(CNC(=O)N(C)CCC(=O)O)c(OC)c1. The highest BCUT2D eigenvalue weighted by molar-refractivity contribution is 5.75. The molecule has 1 aromatic carbocycles. The van der Waals surface area contributed by atoms with E-state index in [4.69, 9.17) is 14.6 Å². The normalized spacial score (nSPS) is 9.86. The first-order valence-corrected chi connectivity index (χ1v) is 6.39. The molecule has 0 aromatic heterocycles. The van der Waals surface area contributed by atoms with Crippen molar-refractivity contribution < 1.29 is 24.2 Å². The summed E-state index contributed by atoms with van der Waals surface area (Å²) in [7, 11) is 4.65. The van der Waals surface area contributed by atoms with E-state index < -0.39 is 5.97 Å². The van der Waals surface area contributed by atoms with E-state index in [0.29, 0.717) is 11.5 Å². The van der Waals surface area contributed by atoms with Gasteiger partial charge in [-0.2, -0.15) is 0 Å². The molecule has 0 bridgehead atoms. The Balaban J connectivity index is 2.58. The van der Waals surface area contributed by atoms with Crippen LogP contribution in [0.4, 0.5) is 4.79 Å². The monoisotopic (exact) mass is 296 g/mol. The summed E-state index contributed by atoms with van der Waals surface area (Å²) >= 11 is 0. The van der Waals surface area contributed by atoms with E-state index in [1.807, 2.05) is 0 Å². The maximum atomic E-state index is 11.8. The van der Waals surface area contributed by atoms with Crippen molar-refractivity contribution in [1.29, 1.82) is 0 Å². The molecule has 0 aliphatic carbocycles. The number of carboxylic acids is 1. The fourth-order valence-electron chi connectivity index (χ4n) is 1.67. The van der Waals surface area contributed by atoms with Gasteiger partial charge in [0.15, 0.2) is 0 Å². The van der Waals surface area contributed by atoms with E-state index in [1.165, 1.54) is 4.90 Å². The minimum Gasteiger partial charge on any atom is -0.497 e. The molecule has 2 amide bonds. The number of benzene rings is 1. The third kappa shape index (κ3) is 5.21. The van der Waals surface area contributed by atoms with Crippen LogP contribution in [0.25, 0.3) is 0 Å². The van der Waals surface area contributed by atoms with Crippen molar-refractivity contribution in [1.82, 2.24) is 10.2 Å². The summed E-state index contributed by atoms with van der Waals surface area (Å²) in [5, 5.41) is 11.3. The summed E-state index contributed by atoms with van der Waals surface area (Å²) in [4.78, 5) is 23.6. The Bertz CT molecular complexity index is 504. The topological polar surface area (TPSA) is 88.1 Å². The zero-order valence-electron chi connectivity index (χ0n) is 12.4. The van der Waals surface area contributed by atoms with Crippen molar-refractivity contribution in [2.24, 2.45) is 0 Å². The lowest BCUT2D eigenvalue weighted by molar-refractivity contribution is -0.137. The fourth-order valence-corrected chi connectivity index (χ4v) is 1.67. The van der Waals surface area contributed by atoms with Crippen molar-refractivity contribution >= 4 is 12.0 Å². The highest BCUT2D eigenvalue weighted by Crippen LogP contribution is 2.24. The van der Waals surface area contributed by atoms with Gasteiger partial charge in [0, 0.05) is 31.8 Å². The van der Waals surface area contributed by atoms with Crippen LogP contribution >= 0.6 is 0 Å². The molecule has 0 radical (unpaired) electrons. The number of aliphatic carboxylic acids is 1. The van der Waals surface area contributed by atoms with Crippen LogP contribution < -0.4 is 14.8 Å². The number of carboxylic acid groups (broad SMARTS) is 1. The predicted molar refractivity (Wildman–Crippen MR) is 76.7 cm³/mol. The molecule has 1 rings (SSSR count). The van der Waals surface area contributed by atoms with Crippen LogP contribution in [-0.2, 0) is 11.3 Å².